The van der Waals surface area contributed by atoms with Crippen molar-refractivity contribution in [2.75, 3.05) is 13.6 Å². The molecular formula is C22H24N4O2. The van der Waals surface area contributed by atoms with E-state index in [1.165, 1.54) is 0 Å². The molecule has 0 atom stereocenters. The Morgan fingerprint density at radius 3 is 2.39 bits per heavy atom. The fourth-order valence-corrected chi connectivity index (χ4v) is 2.75. The first-order chi connectivity index (χ1) is 13.6. The lowest BCUT2D eigenvalue weighted by Gasteiger charge is -2.14. The zero-order valence-corrected chi connectivity index (χ0v) is 16.2. The average Bonchev–Trinajstić information content (AvgIpc) is 2.72. The van der Waals surface area contributed by atoms with Gasteiger partial charge in [0.15, 0.2) is 0 Å². The van der Waals surface area contributed by atoms with Gasteiger partial charge in [0.25, 0.3) is 0 Å². The number of carbonyl (C=O) groups is 1. The molecule has 28 heavy (non-hydrogen) atoms. The van der Waals surface area contributed by atoms with E-state index in [9.17, 15) is 4.79 Å². The molecule has 0 N–H and O–H groups in total. The monoisotopic (exact) mass is 376 g/mol. The van der Waals surface area contributed by atoms with Gasteiger partial charge in [-0.3, -0.25) is 14.8 Å². The Kier molecular flexibility index (Phi) is 6.68. The van der Waals surface area contributed by atoms with Crippen molar-refractivity contribution in [3.8, 4) is 22.8 Å². The molecule has 1 aromatic carbocycles. The first-order valence-corrected chi connectivity index (χ1v) is 9.33. The number of aryl methyl sites for hydroxylation is 1. The Morgan fingerprint density at radius 1 is 0.964 bits per heavy atom. The first-order valence-electron chi connectivity index (χ1n) is 9.33. The summed E-state index contributed by atoms with van der Waals surface area (Å²) in [6.07, 6.45) is 9.60. The Labute approximate surface area is 165 Å². The summed E-state index contributed by atoms with van der Waals surface area (Å²) < 4.78 is 5.85. The van der Waals surface area contributed by atoms with Gasteiger partial charge in [0, 0.05) is 39.1 Å². The molecule has 0 radical (unpaired) electrons. The molecule has 0 spiro atoms. The average molecular weight is 376 g/mol. The van der Waals surface area contributed by atoms with Gasteiger partial charge in [-0.25, -0.2) is 4.98 Å². The smallest absolute Gasteiger partial charge is 0.238 e. The van der Waals surface area contributed by atoms with Crippen LogP contribution in [0, 0.1) is 0 Å². The summed E-state index contributed by atoms with van der Waals surface area (Å²) in [4.78, 5) is 25.7. The van der Waals surface area contributed by atoms with Gasteiger partial charge in [-0.1, -0.05) is 12.1 Å². The van der Waals surface area contributed by atoms with E-state index < -0.39 is 0 Å². The van der Waals surface area contributed by atoms with Crippen molar-refractivity contribution in [1.82, 2.24) is 19.9 Å². The van der Waals surface area contributed by atoms with Crippen LogP contribution in [0.3, 0.4) is 0 Å². The molecule has 0 unspecified atom stereocenters. The maximum atomic E-state index is 11.2. The number of hydrogen-bond acceptors (Lipinski definition) is 5. The molecule has 0 aliphatic carbocycles. The van der Waals surface area contributed by atoms with Crippen molar-refractivity contribution >= 4 is 5.91 Å². The molecule has 2 heterocycles. The van der Waals surface area contributed by atoms with Gasteiger partial charge in [0.1, 0.15) is 5.75 Å². The molecule has 0 fully saturated rings. The van der Waals surface area contributed by atoms with Crippen LogP contribution in [0.25, 0.3) is 11.1 Å². The van der Waals surface area contributed by atoms with E-state index in [0.717, 1.165) is 42.6 Å². The lowest BCUT2D eigenvalue weighted by molar-refractivity contribution is -0.127. The van der Waals surface area contributed by atoms with Crippen molar-refractivity contribution in [3.63, 3.8) is 0 Å². The fraction of sp³-hybridized carbons (Fsp3) is 0.273. The number of unbranched alkanes of at least 4 members (excludes halogenated alkanes) is 1. The third-order valence-corrected chi connectivity index (χ3v) is 4.47. The zero-order valence-electron chi connectivity index (χ0n) is 16.2. The van der Waals surface area contributed by atoms with Gasteiger partial charge < -0.3 is 9.64 Å². The van der Waals surface area contributed by atoms with Crippen LogP contribution < -0.4 is 4.74 Å². The Bertz CT molecular complexity index is 898. The quantitative estimate of drug-likeness (QED) is 0.553. The second kappa shape index (κ2) is 9.60. The number of benzene rings is 1. The Hall–Kier alpha value is -3.28. The lowest BCUT2D eigenvalue weighted by Crippen LogP contribution is -2.24. The highest BCUT2D eigenvalue weighted by atomic mass is 16.5. The van der Waals surface area contributed by atoms with Crippen LogP contribution >= 0.6 is 0 Å². The van der Waals surface area contributed by atoms with Gasteiger partial charge in [0.05, 0.1) is 11.9 Å². The molecule has 3 rings (SSSR count). The SMILES string of the molecule is CC(=O)N(C)CCCCc1cncc(Oc2ccc(-c3ccncc3)cc2)n1. The minimum absolute atomic E-state index is 0.0881. The normalized spacial score (nSPS) is 10.5. The summed E-state index contributed by atoms with van der Waals surface area (Å²) in [7, 11) is 1.82. The standard InChI is InChI=1S/C22H24N4O2/c1-17(27)26(2)14-4-3-5-20-15-24-16-22(25-20)28-21-8-6-18(7-9-21)19-10-12-23-13-11-19/h6-13,15-16H,3-5,14H2,1-2H3. The van der Waals surface area contributed by atoms with Crippen molar-refractivity contribution in [2.45, 2.75) is 26.2 Å². The number of nitrogens with zero attached hydrogens (tertiary/aromatic N) is 4. The van der Waals surface area contributed by atoms with Gasteiger partial charge >= 0.3 is 0 Å². The fourth-order valence-electron chi connectivity index (χ4n) is 2.75. The minimum atomic E-state index is 0.0881. The van der Waals surface area contributed by atoms with Crippen LogP contribution in [0.1, 0.15) is 25.5 Å². The van der Waals surface area contributed by atoms with E-state index in [2.05, 4.69) is 15.0 Å². The summed E-state index contributed by atoms with van der Waals surface area (Å²) in [6, 6.07) is 11.8. The predicted molar refractivity (Wildman–Crippen MR) is 108 cm³/mol. The van der Waals surface area contributed by atoms with Gasteiger partial charge in [-0.15, -0.1) is 0 Å². The van der Waals surface area contributed by atoms with Crippen molar-refractivity contribution < 1.29 is 9.53 Å². The van der Waals surface area contributed by atoms with Gasteiger partial charge in [-0.05, 0) is 54.7 Å². The van der Waals surface area contributed by atoms with Crippen LogP contribution in [0.15, 0.2) is 61.2 Å². The van der Waals surface area contributed by atoms with Crippen LogP contribution in [-0.2, 0) is 11.2 Å². The van der Waals surface area contributed by atoms with E-state index >= 15 is 0 Å². The number of rotatable bonds is 8. The minimum Gasteiger partial charge on any atom is -0.437 e. The Balaban J connectivity index is 1.55. The summed E-state index contributed by atoms with van der Waals surface area (Å²) in [5.41, 5.74) is 3.10. The number of hydrogen-bond donors (Lipinski definition) is 0. The van der Waals surface area contributed by atoms with Crippen LogP contribution in [0.5, 0.6) is 11.6 Å². The molecule has 2 aromatic heterocycles. The molecule has 3 aromatic rings. The van der Waals surface area contributed by atoms with E-state index in [0.29, 0.717) is 11.6 Å². The zero-order chi connectivity index (χ0) is 19.8. The predicted octanol–water partition coefficient (Wildman–Crippen LogP) is 4.13. The van der Waals surface area contributed by atoms with E-state index in [1.807, 2.05) is 43.4 Å². The molecule has 0 saturated heterocycles. The second-order valence-corrected chi connectivity index (χ2v) is 6.61. The molecular weight excluding hydrogens is 352 g/mol. The van der Waals surface area contributed by atoms with E-state index in [1.54, 1.807) is 36.6 Å². The van der Waals surface area contributed by atoms with Crippen LogP contribution in [-0.4, -0.2) is 39.4 Å². The topological polar surface area (TPSA) is 68.2 Å². The highest BCUT2D eigenvalue weighted by Gasteiger charge is 2.05. The molecule has 0 bridgehead atoms. The van der Waals surface area contributed by atoms with E-state index in [-0.39, 0.29) is 5.91 Å². The number of carbonyl (C=O) groups excluding carboxylic acids is 1. The molecule has 0 aliphatic heterocycles. The van der Waals surface area contributed by atoms with Gasteiger partial charge in [0.2, 0.25) is 11.8 Å². The van der Waals surface area contributed by atoms with Crippen molar-refractivity contribution in [3.05, 3.63) is 66.9 Å². The number of amides is 1. The molecule has 6 heteroatoms. The molecule has 6 nitrogen and oxygen atoms in total. The third kappa shape index (κ3) is 5.61. The van der Waals surface area contributed by atoms with Crippen molar-refractivity contribution in [1.29, 1.82) is 0 Å². The third-order valence-electron chi connectivity index (χ3n) is 4.47. The summed E-state index contributed by atoms with van der Waals surface area (Å²) >= 11 is 0. The Morgan fingerprint density at radius 2 is 1.68 bits per heavy atom. The highest BCUT2D eigenvalue weighted by molar-refractivity contribution is 5.72. The maximum absolute atomic E-state index is 11.2. The molecule has 0 saturated carbocycles. The lowest BCUT2D eigenvalue weighted by atomic mass is 10.1. The number of pyridine rings is 1. The molecule has 0 aliphatic rings. The molecule has 1 amide bonds. The maximum Gasteiger partial charge on any atom is 0.238 e. The summed E-state index contributed by atoms with van der Waals surface area (Å²) in [6.45, 7) is 2.33. The van der Waals surface area contributed by atoms with E-state index in [4.69, 9.17) is 4.74 Å². The molecule has 144 valence electrons. The highest BCUT2D eigenvalue weighted by Crippen LogP contribution is 2.24. The van der Waals surface area contributed by atoms with Crippen LogP contribution in [0.2, 0.25) is 0 Å². The number of ether oxygens (including phenoxy) is 1. The summed E-state index contributed by atoms with van der Waals surface area (Å²) in [5, 5.41) is 0. The largest absolute Gasteiger partial charge is 0.437 e. The summed E-state index contributed by atoms with van der Waals surface area (Å²) in [5.74, 6) is 1.28. The van der Waals surface area contributed by atoms with Crippen LogP contribution in [0.4, 0.5) is 0 Å². The second-order valence-electron chi connectivity index (χ2n) is 6.61. The number of aromatic nitrogens is 3. The first kappa shape index (κ1) is 19.5. The van der Waals surface area contributed by atoms with Crippen molar-refractivity contribution in [2.24, 2.45) is 0 Å². The van der Waals surface area contributed by atoms with Gasteiger partial charge in [-0.2, -0.15) is 0 Å².